The van der Waals surface area contributed by atoms with E-state index in [0.29, 0.717) is 0 Å². The molecule has 0 saturated heterocycles. The van der Waals surface area contributed by atoms with Gasteiger partial charge in [-0.15, -0.1) is 0 Å². The molecule has 0 spiro atoms. The monoisotopic (exact) mass is 351 g/mol. The van der Waals surface area contributed by atoms with Crippen LogP contribution in [0.25, 0.3) is 10.9 Å². The number of nitrogens with zero attached hydrogens (tertiary/aromatic N) is 1. The minimum atomic E-state index is 0.931. The summed E-state index contributed by atoms with van der Waals surface area (Å²) < 4.78 is 0. The highest BCUT2D eigenvalue weighted by Crippen LogP contribution is 2.24. The summed E-state index contributed by atoms with van der Waals surface area (Å²) in [7, 11) is 0. The molecule has 134 valence electrons. The Balaban J connectivity index is 1.73. The number of benzene rings is 3. The zero-order chi connectivity index (χ0) is 18.6. The van der Waals surface area contributed by atoms with E-state index in [1.807, 2.05) is 0 Å². The quantitative estimate of drug-likeness (QED) is 0.415. The van der Waals surface area contributed by atoms with Crippen LogP contribution in [-0.2, 0) is 19.3 Å². The summed E-state index contributed by atoms with van der Waals surface area (Å²) in [4.78, 5) is 5.09. The van der Waals surface area contributed by atoms with Crippen LogP contribution in [0.3, 0.4) is 0 Å². The van der Waals surface area contributed by atoms with Crippen molar-refractivity contribution < 1.29 is 0 Å². The third-order valence-electron chi connectivity index (χ3n) is 5.33. The van der Waals surface area contributed by atoms with Crippen molar-refractivity contribution in [3.8, 4) is 0 Å². The summed E-state index contributed by atoms with van der Waals surface area (Å²) in [5.74, 6) is 0. The molecule has 4 rings (SSSR count). The fraction of sp³-hybridized carbons (Fsp3) is 0.192. The number of hydrogen-bond acceptors (Lipinski definition) is 1. The number of pyridine rings is 1. The second kappa shape index (κ2) is 7.75. The lowest BCUT2D eigenvalue weighted by Gasteiger charge is -2.13. The first-order valence-corrected chi connectivity index (χ1v) is 9.66. The molecule has 0 radical (unpaired) electrons. The van der Waals surface area contributed by atoms with Crippen LogP contribution in [0.2, 0.25) is 0 Å². The molecule has 27 heavy (non-hydrogen) atoms. The highest BCUT2D eigenvalue weighted by molar-refractivity contribution is 5.81. The summed E-state index contributed by atoms with van der Waals surface area (Å²) in [6, 6.07) is 28.2. The fourth-order valence-electron chi connectivity index (χ4n) is 3.62. The molecular weight excluding hydrogens is 326 g/mol. The number of hydrogen-bond donors (Lipinski definition) is 0. The van der Waals surface area contributed by atoms with Crippen LogP contribution in [0.15, 0.2) is 78.9 Å². The summed E-state index contributed by atoms with van der Waals surface area (Å²) in [5.41, 5.74) is 9.00. The van der Waals surface area contributed by atoms with Crippen LogP contribution in [0.5, 0.6) is 0 Å². The van der Waals surface area contributed by atoms with E-state index in [1.54, 1.807) is 0 Å². The molecule has 0 atom stereocenters. The molecule has 1 heteroatoms. The molecule has 0 bridgehead atoms. The van der Waals surface area contributed by atoms with Gasteiger partial charge in [0.2, 0.25) is 0 Å². The van der Waals surface area contributed by atoms with Crippen molar-refractivity contribution in [2.75, 3.05) is 0 Å². The van der Waals surface area contributed by atoms with Crippen molar-refractivity contribution in [3.05, 3.63) is 112 Å². The highest BCUT2D eigenvalue weighted by Gasteiger charge is 2.10. The van der Waals surface area contributed by atoms with Crippen LogP contribution in [-0.4, -0.2) is 4.98 Å². The average Bonchev–Trinajstić information content (AvgIpc) is 2.69. The maximum Gasteiger partial charge on any atom is 0.0708 e. The average molecular weight is 351 g/mol. The van der Waals surface area contributed by atoms with Gasteiger partial charge in [-0.25, -0.2) is 0 Å². The lowest BCUT2D eigenvalue weighted by molar-refractivity contribution is 0.898. The Labute approximate surface area is 161 Å². The van der Waals surface area contributed by atoms with E-state index in [-0.39, 0.29) is 0 Å². The number of aromatic nitrogens is 1. The first-order chi connectivity index (χ1) is 13.2. The van der Waals surface area contributed by atoms with Gasteiger partial charge in [0, 0.05) is 11.1 Å². The van der Waals surface area contributed by atoms with Crippen LogP contribution < -0.4 is 0 Å². The first kappa shape index (κ1) is 17.5. The van der Waals surface area contributed by atoms with Crippen molar-refractivity contribution in [2.24, 2.45) is 0 Å². The van der Waals surface area contributed by atoms with Gasteiger partial charge in [0.25, 0.3) is 0 Å². The Morgan fingerprint density at radius 2 is 1.30 bits per heavy atom. The fourth-order valence-corrected chi connectivity index (χ4v) is 3.62. The smallest absolute Gasteiger partial charge is 0.0708 e. The lowest BCUT2D eigenvalue weighted by Crippen LogP contribution is -2.03. The largest absolute Gasteiger partial charge is 0.253 e. The first-order valence-electron chi connectivity index (χ1n) is 9.66. The zero-order valence-corrected chi connectivity index (χ0v) is 16.1. The summed E-state index contributed by atoms with van der Waals surface area (Å²) in [6.45, 7) is 4.34. The number of rotatable bonds is 5. The molecule has 0 aliphatic carbocycles. The minimum absolute atomic E-state index is 0.931. The van der Waals surface area contributed by atoms with E-state index < -0.39 is 0 Å². The summed E-state index contributed by atoms with van der Waals surface area (Å²) in [5, 5.41) is 1.24. The molecule has 1 nitrogen and oxygen atoms in total. The SMILES string of the molecule is Cc1cc2cc(Cc3ccccc3)c(CCc3ccccc3)nc2cc1C. The van der Waals surface area contributed by atoms with Crippen LogP contribution >= 0.6 is 0 Å². The molecule has 0 aliphatic rings. The summed E-state index contributed by atoms with van der Waals surface area (Å²) in [6.07, 6.45) is 2.92. The van der Waals surface area contributed by atoms with Crippen LogP contribution in [0, 0.1) is 13.8 Å². The molecular formula is C26H25N. The van der Waals surface area contributed by atoms with Crippen LogP contribution in [0.1, 0.15) is 33.5 Å². The van der Waals surface area contributed by atoms with Crippen molar-refractivity contribution in [2.45, 2.75) is 33.1 Å². The number of fused-ring (bicyclic) bond motifs is 1. The molecule has 0 fully saturated rings. The topological polar surface area (TPSA) is 12.9 Å². The van der Waals surface area contributed by atoms with Gasteiger partial charge in [0.15, 0.2) is 0 Å². The molecule has 1 aromatic heterocycles. The van der Waals surface area contributed by atoms with Gasteiger partial charge in [-0.1, -0.05) is 60.7 Å². The van der Waals surface area contributed by atoms with Gasteiger partial charge in [-0.05, 0) is 79.1 Å². The molecule has 0 unspecified atom stereocenters. The van der Waals surface area contributed by atoms with E-state index >= 15 is 0 Å². The van der Waals surface area contributed by atoms with E-state index in [4.69, 9.17) is 4.98 Å². The molecule has 3 aromatic carbocycles. The van der Waals surface area contributed by atoms with Gasteiger partial charge < -0.3 is 0 Å². The van der Waals surface area contributed by atoms with Crippen LogP contribution in [0.4, 0.5) is 0 Å². The standard InChI is InChI=1S/C26H25N/c1-19-15-23-18-24(17-22-11-7-4-8-12-22)25(27-26(23)16-20(19)2)14-13-21-9-5-3-6-10-21/h3-12,15-16,18H,13-14,17H2,1-2H3. The van der Waals surface area contributed by atoms with Crippen molar-refractivity contribution >= 4 is 10.9 Å². The lowest BCUT2D eigenvalue weighted by atomic mass is 9.96. The molecule has 4 aromatic rings. The Hall–Kier alpha value is -2.93. The summed E-state index contributed by atoms with van der Waals surface area (Å²) >= 11 is 0. The van der Waals surface area contributed by atoms with Gasteiger partial charge in [0.05, 0.1) is 5.52 Å². The predicted molar refractivity (Wildman–Crippen MR) is 114 cm³/mol. The minimum Gasteiger partial charge on any atom is -0.253 e. The van der Waals surface area contributed by atoms with Crippen molar-refractivity contribution in [3.63, 3.8) is 0 Å². The van der Waals surface area contributed by atoms with E-state index in [1.165, 1.54) is 38.9 Å². The van der Waals surface area contributed by atoms with Gasteiger partial charge >= 0.3 is 0 Å². The maximum atomic E-state index is 5.09. The van der Waals surface area contributed by atoms with Gasteiger partial charge in [-0.2, -0.15) is 0 Å². The van der Waals surface area contributed by atoms with E-state index in [9.17, 15) is 0 Å². The Kier molecular flexibility index (Phi) is 5.02. The Morgan fingerprint density at radius 3 is 2.00 bits per heavy atom. The third kappa shape index (κ3) is 4.09. The molecule has 0 aliphatic heterocycles. The van der Waals surface area contributed by atoms with Crippen molar-refractivity contribution in [1.82, 2.24) is 4.98 Å². The normalized spacial score (nSPS) is 11.0. The second-order valence-corrected chi connectivity index (χ2v) is 7.37. The molecule has 0 amide bonds. The molecule has 1 heterocycles. The zero-order valence-electron chi connectivity index (χ0n) is 16.1. The third-order valence-corrected chi connectivity index (χ3v) is 5.33. The highest BCUT2D eigenvalue weighted by atomic mass is 14.7. The predicted octanol–water partition coefficient (Wildman–Crippen LogP) is 6.23. The van der Waals surface area contributed by atoms with E-state index in [2.05, 4.69) is 92.7 Å². The second-order valence-electron chi connectivity index (χ2n) is 7.37. The molecule has 0 saturated carbocycles. The van der Waals surface area contributed by atoms with Crippen molar-refractivity contribution in [1.29, 1.82) is 0 Å². The Bertz CT molecular complexity index is 1050. The van der Waals surface area contributed by atoms with Gasteiger partial charge in [0.1, 0.15) is 0 Å². The van der Waals surface area contributed by atoms with E-state index in [0.717, 1.165) is 24.8 Å². The number of aryl methyl sites for hydroxylation is 4. The Morgan fingerprint density at radius 1 is 0.667 bits per heavy atom. The maximum absolute atomic E-state index is 5.09. The molecule has 0 N–H and O–H groups in total. The van der Waals surface area contributed by atoms with Gasteiger partial charge in [-0.3, -0.25) is 4.98 Å².